The van der Waals surface area contributed by atoms with Crippen LogP contribution in [0.4, 0.5) is 10.7 Å². The van der Waals surface area contributed by atoms with Crippen LogP contribution in [0.15, 0.2) is 24.3 Å². The first-order chi connectivity index (χ1) is 9.93. The molecule has 1 unspecified atom stereocenters. The number of hydrogen-bond donors (Lipinski definition) is 1. The van der Waals surface area contributed by atoms with Crippen LogP contribution in [0.25, 0.3) is 0 Å². The van der Waals surface area contributed by atoms with Crippen LogP contribution in [0.2, 0.25) is 0 Å². The topological polar surface area (TPSA) is 79.7 Å². The molecule has 0 aliphatic rings. The molecular formula is C13H14N2O4S2. The van der Waals surface area contributed by atoms with E-state index in [0.29, 0.717) is 21.9 Å². The number of rotatable bonds is 4. The van der Waals surface area contributed by atoms with Crippen molar-refractivity contribution >= 4 is 39.3 Å². The van der Waals surface area contributed by atoms with Crippen molar-refractivity contribution < 1.29 is 18.3 Å². The Kier molecular flexibility index (Phi) is 4.71. The minimum atomic E-state index is -2.23. The Hall–Kier alpha value is -1.77. The lowest BCUT2D eigenvalue weighted by Crippen LogP contribution is -2.19. The second-order valence-electron chi connectivity index (χ2n) is 4.19. The number of carbonyl (C=O) groups is 1. The van der Waals surface area contributed by atoms with Gasteiger partial charge in [-0.05, 0) is 38.1 Å². The summed E-state index contributed by atoms with van der Waals surface area (Å²) >= 11 is -0.903. The van der Waals surface area contributed by atoms with E-state index in [2.05, 4.69) is 9.72 Å². The molecule has 0 aliphatic heterocycles. The first-order valence-electron chi connectivity index (χ1n) is 5.97. The normalized spacial score (nSPS) is 12.0. The third-order valence-electron chi connectivity index (χ3n) is 2.74. The van der Waals surface area contributed by atoms with Crippen molar-refractivity contribution in [2.45, 2.75) is 13.8 Å². The van der Waals surface area contributed by atoms with E-state index < -0.39 is 17.2 Å². The first kappa shape index (κ1) is 15.6. The van der Waals surface area contributed by atoms with E-state index in [4.69, 9.17) is 0 Å². The van der Waals surface area contributed by atoms with E-state index in [1.807, 2.05) is 6.92 Å². The third-order valence-corrected chi connectivity index (χ3v) is 4.62. The van der Waals surface area contributed by atoms with Gasteiger partial charge in [0.15, 0.2) is 0 Å². The van der Waals surface area contributed by atoms with Crippen LogP contribution >= 0.6 is 11.3 Å². The van der Waals surface area contributed by atoms with Gasteiger partial charge in [0, 0.05) is 0 Å². The van der Waals surface area contributed by atoms with Crippen LogP contribution in [0.3, 0.4) is 0 Å². The van der Waals surface area contributed by atoms with Gasteiger partial charge >= 0.3 is 5.97 Å². The predicted octanol–water partition coefficient (Wildman–Crippen LogP) is 2.82. The number of carbonyl (C=O) groups excluding carboxylic acids is 1. The summed E-state index contributed by atoms with van der Waals surface area (Å²) in [5.41, 5.74) is 1.55. The van der Waals surface area contributed by atoms with E-state index in [0.717, 1.165) is 5.01 Å². The Balaban J connectivity index is 2.42. The maximum Gasteiger partial charge on any atom is 0.337 e. The highest BCUT2D eigenvalue weighted by Crippen LogP contribution is 2.34. The van der Waals surface area contributed by atoms with E-state index in [-0.39, 0.29) is 0 Å². The summed E-state index contributed by atoms with van der Waals surface area (Å²) in [6.07, 6.45) is 0. The van der Waals surface area contributed by atoms with Gasteiger partial charge in [-0.3, -0.25) is 4.55 Å². The number of thiazole rings is 1. The first-order valence-corrected chi connectivity index (χ1v) is 7.85. The summed E-state index contributed by atoms with van der Waals surface area (Å²) in [6, 6.07) is 6.28. The van der Waals surface area contributed by atoms with Crippen molar-refractivity contribution in [3.05, 3.63) is 40.5 Å². The molecule has 2 aromatic rings. The van der Waals surface area contributed by atoms with Crippen LogP contribution in [-0.2, 0) is 16.0 Å². The second kappa shape index (κ2) is 6.33. The minimum absolute atomic E-state index is 0.377. The number of aromatic nitrogens is 1. The molecule has 0 bridgehead atoms. The Morgan fingerprint density at radius 3 is 2.38 bits per heavy atom. The van der Waals surface area contributed by atoms with Crippen LogP contribution in [0.5, 0.6) is 0 Å². The van der Waals surface area contributed by atoms with Crippen molar-refractivity contribution in [1.82, 2.24) is 4.98 Å². The van der Waals surface area contributed by atoms with Crippen molar-refractivity contribution in [1.29, 1.82) is 0 Å². The van der Waals surface area contributed by atoms with E-state index in [1.165, 1.54) is 22.8 Å². The lowest BCUT2D eigenvalue weighted by molar-refractivity contribution is 0.0601. The molecule has 0 saturated carbocycles. The number of nitrogens with zero attached hydrogens (tertiary/aromatic N) is 2. The minimum Gasteiger partial charge on any atom is -0.465 e. The van der Waals surface area contributed by atoms with Gasteiger partial charge in [0.05, 0.1) is 29.1 Å². The van der Waals surface area contributed by atoms with Crippen LogP contribution < -0.4 is 4.31 Å². The highest BCUT2D eigenvalue weighted by Gasteiger charge is 2.20. The zero-order chi connectivity index (χ0) is 15.6. The molecule has 0 radical (unpaired) electrons. The molecule has 1 heterocycles. The maximum atomic E-state index is 11.7. The fraction of sp³-hybridized carbons (Fsp3) is 0.231. The molecule has 1 N–H and O–H groups in total. The number of anilines is 2. The van der Waals surface area contributed by atoms with Gasteiger partial charge in [-0.15, -0.1) is 11.3 Å². The summed E-state index contributed by atoms with van der Waals surface area (Å²) < 4.78 is 27.1. The lowest BCUT2D eigenvalue weighted by atomic mass is 10.2. The Bertz CT molecular complexity index is 682. The molecule has 2 rings (SSSR count). The number of benzene rings is 1. The van der Waals surface area contributed by atoms with Gasteiger partial charge in [0.1, 0.15) is 5.00 Å². The Labute approximate surface area is 128 Å². The summed E-state index contributed by atoms with van der Waals surface area (Å²) in [5, 5.41) is 1.41. The fourth-order valence-electron chi connectivity index (χ4n) is 1.84. The Morgan fingerprint density at radius 2 is 1.95 bits per heavy atom. The highest BCUT2D eigenvalue weighted by molar-refractivity contribution is 7.81. The largest absolute Gasteiger partial charge is 0.465 e. The number of hydrogen-bond acceptors (Lipinski definition) is 5. The van der Waals surface area contributed by atoms with Crippen LogP contribution in [-0.4, -0.2) is 26.8 Å². The van der Waals surface area contributed by atoms with Crippen LogP contribution in [0, 0.1) is 13.8 Å². The molecule has 1 aromatic carbocycles. The van der Waals surface area contributed by atoms with E-state index in [9.17, 15) is 13.6 Å². The molecule has 21 heavy (non-hydrogen) atoms. The van der Waals surface area contributed by atoms with Gasteiger partial charge in [-0.2, -0.15) is 0 Å². The van der Waals surface area contributed by atoms with Gasteiger partial charge in [-0.1, -0.05) is 0 Å². The fourth-order valence-corrected chi connectivity index (χ4v) is 3.56. The van der Waals surface area contributed by atoms with Crippen molar-refractivity contribution in [2.75, 3.05) is 11.4 Å². The SMILES string of the molecule is COC(=O)c1ccc(N(c2sc(C)nc2C)S(=O)O)cc1. The zero-order valence-electron chi connectivity index (χ0n) is 11.7. The Morgan fingerprint density at radius 1 is 1.33 bits per heavy atom. The molecule has 0 amide bonds. The van der Waals surface area contributed by atoms with Crippen molar-refractivity contribution in [3.8, 4) is 0 Å². The van der Waals surface area contributed by atoms with Gasteiger partial charge in [-0.25, -0.2) is 18.3 Å². The average molecular weight is 326 g/mol. The molecule has 0 aliphatic carbocycles. The lowest BCUT2D eigenvalue weighted by Gasteiger charge is -2.18. The van der Waals surface area contributed by atoms with Gasteiger partial charge < -0.3 is 4.74 Å². The molecule has 8 heteroatoms. The molecular weight excluding hydrogens is 312 g/mol. The summed E-state index contributed by atoms with van der Waals surface area (Å²) in [5.74, 6) is -0.456. The van der Waals surface area contributed by atoms with Gasteiger partial charge in [0.2, 0.25) is 0 Å². The quantitative estimate of drug-likeness (QED) is 0.690. The van der Waals surface area contributed by atoms with Crippen LogP contribution in [0.1, 0.15) is 21.1 Å². The highest BCUT2D eigenvalue weighted by atomic mass is 32.2. The molecule has 112 valence electrons. The summed E-state index contributed by atoms with van der Waals surface area (Å²) in [4.78, 5) is 15.7. The standard InChI is InChI=1S/C13H14N2O4S2/c1-8-12(20-9(2)14-8)15(21(17)18)11-6-4-10(5-7-11)13(16)19-3/h4-7H,1-3H3,(H,17,18). The monoisotopic (exact) mass is 326 g/mol. The van der Waals surface area contributed by atoms with E-state index in [1.54, 1.807) is 31.2 Å². The number of ether oxygens (including phenoxy) is 1. The van der Waals surface area contributed by atoms with Crippen molar-refractivity contribution in [2.24, 2.45) is 0 Å². The summed E-state index contributed by atoms with van der Waals surface area (Å²) in [6.45, 7) is 3.61. The maximum absolute atomic E-state index is 11.7. The smallest absolute Gasteiger partial charge is 0.337 e. The number of methoxy groups -OCH3 is 1. The zero-order valence-corrected chi connectivity index (χ0v) is 13.3. The number of aryl methyl sites for hydroxylation is 2. The van der Waals surface area contributed by atoms with Gasteiger partial charge in [0.25, 0.3) is 11.3 Å². The number of esters is 1. The molecule has 1 atom stereocenters. The predicted molar refractivity (Wildman–Crippen MR) is 82.3 cm³/mol. The molecule has 1 aromatic heterocycles. The summed E-state index contributed by atoms with van der Waals surface area (Å²) in [7, 11) is 1.30. The second-order valence-corrected chi connectivity index (χ2v) is 6.20. The van der Waals surface area contributed by atoms with E-state index >= 15 is 0 Å². The molecule has 6 nitrogen and oxygen atoms in total. The van der Waals surface area contributed by atoms with Crippen molar-refractivity contribution in [3.63, 3.8) is 0 Å². The average Bonchev–Trinajstić information content (AvgIpc) is 2.77. The molecule has 0 saturated heterocycles. The molecule has 0 spiro atoms. The third kappa shape index (κ3) is 3.29. The molecule has 0 fully saturated rings.